The highest BCUT2D eigenvalue weighted by atomic mass is 79.9. The fourth-order valence-corrected chi connectivity index (χ4v) is 3.31. The first-order valence-corrected chi connectivity index (χ1v) is 8.14. The molecule has 3 heteroatoms. The normalized spacial score (nSPS) is 10.8. The second-order valence-corrected chi connectivity index (χ2v) is 6.66. The number of ketones is 1. The Labute approximate surface area is 130 Å². The van der Waals surface area contributed by atoms with Gasteiger partial charge in [0.1, 0.15) is 0 Å². The van der Waals surface area contributed by atoms with E-state index in [1.54, 1.807) is 11.3 Å². The van der Waals surface area contributed by atoms with Crippen LogP contribution in [-0.4, -0.2) is 5.78 Å². The van der Waals surface area contributed by atoms with E-state index in [1.165, 1.54) is 4.88 Å². The van der Waals surface area contributed by atoms with Crippen LogP contribution < -0.4 is 0 Å². The van der Waals surface area contributed by atoms with E-state index in [2.05, 4.69) is 28.1 Å². The van der Waals surface area contributed by atoms with Crippen molar-refractivity contribution in [3.05, 3.63) is 68.8 Å². The number of fused-ring (bicyclic) bond motifs is 1. The van der Waals surface area contributed by atoms with Gasteiger partial charge in [0.2, 0.25) is 0 Å². The minimum atomic E-state index is 0.211. The van der Waals surface area contributed by atoms with Gasteiger partial charge in [0.25, 0.3) is 0 Å². The smallest absolute Gasteiger partial charge is 0.163 e. The molecule has 0 aliphatic heterocycles. The zero-order valence-electron chi connectivity index (χ0n) is 10.8. The van der Waals surface area contributed by atoms with Gasteiger partial charge >= 0.3 is 0 Å². The highest BCUT2D eigenvalue weighted by molar-refractivity contribution is 9.10. The summed E-state index contributed by atoms with van der Waals surface area (Å²) in [6, 6.07) is 16.1. The Morgan fingerprint density at radius 2 is 1.85 bits per heavy atom. The minimum Gasteiger partial charge on any atom is -0.294 e. The van der Waals surface area contributed by atoms with E-state index in [-0.39, 0.29) is 5.78 Å². The third kappa shape index (κ3) is 3.00. The Balaban J connectivity index is 1.79. The number of hydrogen-bond donors (Lipinski definition) is 0. The fourth-order valence-electron chi connectivity index (χ4n) is 2.23. The molecule has 0 aliphatic rings. The summed E-state index contributed by atoms with van der Waals surface area (Å²) in [6.07, 6.45) is 1.40. The van der Waals surface area contributed by atoms with Crippen LogP contribution in [0.5, 0.6) is 0 Å². The van der Waals surface area contributed by atoms with Crippen LogP contribution >= 0.6 is 27.3 Å². The van der Waals surface area contributed by atoms with E-state index < -0.39 is 0 Å². The molecule has 0 fully saturated rings. The zero-order chi connectivity index (χ0) is 13.9. The van der Waals surface area contributed by atoms with Crippen LogP contribution in [0.15, 0.2) is 58.4 Å². The van der Waals surface area contributed by atoms with Crippen molar-refractivity contribution in [1.82, 2.24) is 0 Å². The number of benzene rings is 2. The predicted octanol–water partition coefficient (Wildman–Crippen LogP) is 5.48. The molecule has 0 bridgehead atoms. The zero-order valence-corrected chi connectivity index (χ0v) is 13.2. The van der Waals surface area contributed by atoms with Crippen LogP contribution in [0.1, 0.15) is 21.7 Å². The Morgan fingerprint density at radius 3 is 2.65 bits per heavy atom. The molecule has 100 valence electrons. The largest absolute Gasteiger partial charge is 0.294 e. The summed E-state index contributed by atoms with van der Waals surface area (Å²) in [5.74, 6) is 0.211. The van der Waals surface area contributed by atoms with Gasteiger partial charge in [-0.25, -0.2) is 0 Å². The van der Waals surface area contributed by atoms with Gasteiger partial charge < -0.3 is 0 Å². The molecule has 0 amide bonds. The SMILES string of the molecule is O=C(CCc1cccs1)c1ccc2cc(Br)ccc2c1. The Kier molecular flexibility index (Phi) is 3.99. The number of Topliss-reactive ketones (excluding diaryl/α,β-unsaturated/α-hetero) is 1. The van der Waals surface area contributed by atoms with Crippen LogP contribution in [-0.2, 0) is 6.42 Å². The molecule has 0 saturated heterocycles. The van der Waals surface area contributed by atoms with Crippen molar-refractivity contribution in [3.63, 3.8) is 0 Å². The van der Waals surface area contributed by atoms with E-state index in [0.29, 0.717) is 6.42 Å². The number of thiophene rings is 1. The summed E-state index contributed by atoms with van der Waals surface area (Å²) in [5.41, 5.74) is 0.802. The lowest BCUT2D eigenvalue weighted by Gasteiger charge is -2.03. The van der Waals surface area contributed by atoms with Gasteiger partial charge in [-0.1, -0.05) is 40.2 Å². The summed E-state index contributed by atoms with van der Waals surface area (Å²) in [5, 5.41) is 4.30. The average molecular weight is 345 g/mol. The molecular formula is C17H13BrOS. The predicted molar refractivity (Wildman–Crippen MR) is 88.6 cm³/mol. The Hall–Kier alpha value is -1.45. The molecule has 2 aromatic carbocycles. The monoisotopic (exact) mass is 344 g/mol. The van der Waals surface area contributed by atoms with E-state index in [4.69, 9.17) is 0 Å². The Bertz CT molecular complexity index is 747. The van der Waals surface area contributed by atoms with Crippen molar-refractivity contribution in [1.29, 1.82) is 0 Å². The van der Waals surface area contributed by atoms with Gasteiger partial charge in [-0.3, -0.25) is 4.79 Å². The molecule has 20 heavy (non-hydrogen) atoms. The third-order valence-corrected chi connectivity index (χ3v) is 4.73. The van der Waals surface area contributed by atoms with Crippen molar-refractivity contribution in [2.45, 2.75) is 12.8 Å². The average Bonchev–Trinajstić information content (AvgIpc) is 2.97. The number of halogens is 1. The molecule has 3 rings (SSSR count). The van der Waals surface area contributed by atoms with Crippen LogP contribution in [0.2, 0.25) is 0 Å². The summed E-state index contributed by atoms with van der Waals surface area (Å²) < 4.78 is 1.06. The van der Waals surface area contributed by atoms with Gasteiger partial charge in [-0.2, -0.15) is 0 Å². The third-order valence-electron chi connectivity index (χ3n) is 3.30. The standard InChI is InChI=1S/C17H13BrOS/c18-15-6-5-12-10-14(4-3-13(12)11-15)17(19)8-7-16-2-1-9-20-16/h1-6,9-11H,7-8H2. The highest BCUT2D eigenvalue weighted by Gasteiger charge is 2.07. The number of hydrogen-bond acceptors (Lipinski definition) is 2. The van der Waals surface area contributed by atoms with Gasteiger partial charge in [0.05, 0.1) is 0 Å². The molecule has 1 nitrogen and oxygen atoms in total. The summed E-state index contributed by atoms with van der Waals surface area (Å²) in [6.45, 7) is 0. The second kappa shape index (κ2) is 5.90. The maximum Gasteiger partial charge on any atom is 0.163 e. The lowest BCUT2D eigenvalue weighted by atomic mass is 10.0. The molecule has 3 aromatic rings. The maximum atomic E-state index is 12.2. The van der Waals surface area contributed by atoms with Crippen molar-refractivity contribution in [2.24, 2.45) is 0 Å². The number of aryl methyl sites for hydroxylation is 1. The molecule has 0 N–H and O–H groups in total. The summed E-state index contributed by atoms with van der Waals surface area (Å²) in [7, 11) is 0. The molecule has 0 unspecified atom stereocenters. The maximum absolute atomic E-state index is 12.2. The van der Waals surface area contributed by atoms with Gasteiger partial charge in [-0.05, 0) is 46.8 Å². The molecule has 0 atom stereocenters. The fraction of sp³-hybridized carbons (Fsp3) is 0.118. The van der Waals surface area contributed by atoms with Gasteiger partial charge in [0, 0.05) is 21.3 Å². The molecule has 1 aromatic heterocycles. The first-order chi connectivity index (χ1) is 9.72. The first-order valence-electron chi connectivity index (χ1n) is 6.47. The summed E-state index contributed by atoms with van der Waals surface area (Å²) >= 11 is 5.17. The van der Waals surface area contributed by atoms with Crippen molar-refractivity contribution < 1.29 is 4.79 Å². The Morgan fingerprint density at radius 1 is 1.05 bits per heavy atom. The highest BCUT2D eigenvalue weighted by Crippen LogP contribution is 2.22. The molecule has 0 saturated carbocycles. The van der Waals surface area contributed by atoms with E-state index in [0.717, 1.165) is 27.2 Å². The molecule has 0 radical (unpaired) electrons. The van der Waals surface area contributed by atoms with Crippen LogP contribution in [0.25, 0.3) is 10.8 Å². The van der Waals surface area contributed by atoms with Crippen molar-refractivity contribution in [2.75, 3.05) is 0 Å². The minimum absolute atomic E-state index is 0.211. The van der Waals surface area contributed by atoms with E-state index in [9.17, 15) is 4.79 Å². The van der Waals surface area contributed by atoms with E-state index >= 15 is 0 Å². The lowest BCUT2D eigenvalue weighted by molar-refractivity contribution is 0.0983. The molecular weight excluding hydrogens is 332 g/mol. The number of carbonyl (C=O) groups is 1. The molecule has 1 heterocycles. The van der Waals surface area contributed by atoms with Crippen LogP contribution in [0.3, 0.4) is 0 Å². The van der Waals surface area contributed by atoms with E-state index in [1.807, 2.05) is 41.8 Å². The van der Waals surface area contributed by atoms with Crippen LogP contribution in [0, 0.1) is 0 Å². The second-order valence-electron chi connectivity index (χ2n) is 4.71. The quantitative estimate of drug-likeness (QED) is 0.572. The number of carbonyl (C=O) groups excluding carboxylic acids is 1. The van der Waals surface area contributed by atoms with Crippen LogP contribution in [0.4, 0.5) is 0 Å². The van der Waals surface area contributed by atoms with Crippen molar-refractivity contribution in [3.8, 4) is 0 Å². The topological polar surface area (TPSA) is 17.1 Å². The number of rotatable bonds is 4. The van der Waals surface area contributed by atoms with Gasteiger partial charge in [-0.15, -0.1) is 11.3 Å². The first kappa shape index (κ1) is 13.5. The summed E-state index contributed by atoms with van der Waals surface area (Å²) in [4.78, 5) is 13.5. The lowest BCUT2D eigenvalue weighted by Crippen LogP contribution is -2.00. The van der Waals surface area contributed by atoms with Gasteiger partial charge in [0.15, 0.2) is 5.78 Å². The molecule has 0 spiro atoms. The van der Waals surface area contributed by atoms with Crippen molar-refractivity contribution >= 4 is 43.8 Å². The molecule has 0 aliphatic carbocycles.